The van der Waals surface area contributed by atoms with E-state index >= 15 is 0 Å². The van der Waals surface area contributed by atoms with Gasteiger partial charge in [0.05, 0.1) is 11.7 Å². The van der Waals surface area contributed by atoms with E-state index in [2.05, 4.69) is 15.6 Å². The zero-order valence-corrected chi connectivity index (χ0v) is 11.3. The Labute approximate surface area is 111 Å². The van der Waals surface area contributed by atoms with Crippen LogP contribution in [0.2, 0.25) is 0 Å². The Morgan fingerprint density at radius 3 is 3.11 bits per heavy atom. The van der Waals surface area contributed by atoms with E-state index in [1.54, 1.807) is 11.3 Å². The Kier molecular flexibility index (Phi) is 3.61. The van der Waals surface area contributed by atoms with Crippen LogP contribution in [-0.2, 0) is 17.6 Å². The number of carbonyl (C=O) groups excluding carboxylic acids is 1. The number of hydrogen-bond acceptors (Lipinski definition) is 4. The number of anilines is 1. The van der Waals surface area contributed by atoms with Crippen LogP contribution in [-0.4, -0.2) is 23.5 Å². The summed E-state index contributed by atoms with van der Waals surface area (Å²) >= 11 is 1.65. The average Bonchev–Trinajstić information content (AvgIpc) is 2.80. The second kappa shape index (κ2) is 5.36. The molecule has 5 heteroatoms. The van der Waals surface area contributed by atoms with Crippen LogP contribution in [0.3, 0.4) is 0 Å². The molecule has 1 fully saturated rings. The number of nitrogens with zero attached hydrogens (tertiary/aromatic N) is 1. The van der Waals surface area contributed by atoms with Crippen LogP contribution in [0.4, 0.5) is 5.13 Å². The smallest absolute Gasteiger partial charge is 0.243 e. The van der Waals surface area contributed by atoms with Crippen molar-refractivity contribution in [2.24, 2.45) is 0 Å². The first-order chi connectivity index (χ1) is 8.83. The van der Waals surface area contributed by atoms with Gasteiger partial charge in [-0.25, -0.2) is 4.98 Å². The molecular weight excluding hydrogens is 246 g/mol. The summed E-state index contributed by atoms with van der Waals surface area (Å²) in [5, 5.41) is 7.08. The van der Waals surface area contributed by atoms with Crippen molar-refractivity contribution in [1.82, 2.24) is 10.3 Å². The summed E-state index contributed by atoms with van der Waals surface area (Å²) in [6.45, 7) is 0.951. The molecule has 0 spiro atoms. The number of fused-ring (bicyclic) bond motifs is 1. The van der Waals surface area contributed by atoms with E-state index < -0.39 is 0 Å². The molecule has 1 aliphatic carbocycles. The molecule has 3 rings (SSSR count). The molecule has 1 aliphatic heterocycles. The lowest BCUT2D eigenvalue weighted by atomic mass is 10.1. The van der Waals surface area contributed by atoms with Gasteiger partial charge in [0.15, 0.2) is 5.13 Å². The van der Waals surface area contributed by atoms with Gasteiger partial charge in [-0.1, -0.05) is 12.8 Å². The van der Waals surface area contributed by atoms with Crippen LogP contribution in [0.1, 0.15) is 42.7 Å². The summed E-state index contributed by atoms with van der Waals surface area (Å²) in [5.74, 6) is 0.0873. The van der Waals surface area contributed by atoms with Gasteiger partial charge in [-0.2, -0.15) is 0 Å². The van der Waals surface area contributed by atoms with Gasteiger partial charge in [0, 0.05) is 4.88 Å². The van der Waals surface area contributed by atoms with Gasteiger partial charge >= 0.3 is 0 Å². The van der Waals surface area contributed by atoms with Gasteiger partial charge in [-0.15, -0.1) is 11.3 Å². The predicted octanol–water partition coefficient (Wildman–Crippen LogP) is 2.10. The molecule has 1 saturated heterocycles. The molecule has 2 heterocycles. The van der Waals surface area contributed by atoms with Gasteiger partial charge in [-0.05, 0) is 38.6 Å². The summed E-state index contributed by atoms with van der Waals surface area (Å²) in [5.41, 5.74) is 1.20. The largest absolute Gasteiger partial charge is 0.306 e. The van der Waals surface area contributed by atoms with Gasteiger partial charge in [0.25, 0.3) is 0 Å². The molecule has 0 aromatic carbocycles. The Hall–Kier alpha value is -0.940. The third-order valence-corrected chi connectivity index (χ3v) is 4.78. The van der Waals surface area contributed by atoms with Crippen molar-refractivity contribution in [2.45, 2.75) is 51.0 Å². The SMILES string of the molecule is O=C(Nc1nc2c(s1)CCC2)C1CCCCCN1. The normalized spacial score (nSPS) is 23.4. The van der Waals surface area contributed by atoms with Crippen LogP contribution in [0.15, 0.2) is 0 Å². The highest BCUT2D eigenvalue weighted by Gasteiger charge is 2.22. The number of aromatic nitrogens is 1. The maximum atomic E-state index is 12.1. The summed E-state index contributed by atoms with van der Waals surface area (Å²) in [7, 11) is 0. The van der Waals surface area contributed by atoms with Crippen LogP contribution in [0, 0.1) is 0 Å². The summed E-state index contributed by atoms with van der Waals surface area (Å²) in [6, 6.07) is -0.0359. The van der Waals surface area contributed by atoms with Crippen LogP contribution in [0.25, 0.3) is 0 Å². The Balaban J connectivity index is 1.62. The number of rotatable bonds is 2. The molecule has 98 valence electrons. The number of nitrogens with one attached hydrogen (secondary N) is 2. The molecule has 2 N–H and O–H groups in total. The van der Waals surface area contributed by atoms with Crippen molar-refractivity contribution in [2.75, 3.05) is 11.9 Å². The third-order valence-electron chi connectivity index (χ3n) is 3.70. The number of amides is 1. The highest BCUT2D eigenvalue weighted by molar-refractivity contribution is 7.15. The molecule has 1 unspecified atom stereocenters. The van der Waals surface area contributed by atoms with E-state index in [1.165, 1.54) is 29.8 Å². The van der Waals surface area contributed by atoms with E-state index in [9.17, 15) is 4.79 Å². The molecule has 1 aromatic rings. The highest BCUT2D eigenvalue weighted by atomic mass is 32.1. The van der Waals surface area contributed by atoms with E-state index in [0.717, 1.165) is 37.4 Å². The molecule has 1 atom stereocenters. The van der Waals surface area contributed by atoms with Crippen LogP contribution >= 0.6 is 11.3 Å². The Bertz CT molecular complexity index is 414. The fraction of sp³-hybridized carbons (Fsp3) is 0.692. The molecule has 4 nitrogen and oxygen atoms in total. The zero-order chi connectivity index (χ0) is 12.4. The van der Waals surface area contributed by atoms with Gasteiger partial charge in [0.1, 0.15) is 0 Å². The minimum Gasteiger partial charge on any atom is -0.306 e. The van der Waals surface area contributed by atoms with Crippen molar-refractivity contribution < 1.29 is 4.79 Å². The Morgan fingerprint density at radius 2 is 2.22 bits per heavy atom. The lowest BCUT2D eigenvalue weighted by Crippen LogP contribution is -2.39. The quantitative estimate of drug-likeness (QED) is 0.861. The molecule has 2 aliphatic rings. The molecule has 0 radical (unpaired) electrons. The Morgan fingerprint density at radius 1 is 1.28 bits per heavy atom. The molecule has 18 heavy (non-hydrogen) atoms. The molecule has 1 amide bonds. The van der Waals surface area contributed by atoms with E-state index in [0.29, 0.717) is 0 Å². The lowest BCUT2D eigenvalue weighted by Gasteiger charge is -2.14. The van der Waals surface area contributed by atoms with Crippen molar-refractivity contribution in [3.8, 4) is 0 Å². The van der Waals surface area contributed by atoms with E-state index in [-0.39, 0.29) is 11.9 Å². The second-order valence-corrected chi connectivity index (χ2v) is 6.17. The number of carbonyl (C=O) groups is 1. The monoisotopic (exact) mass is 265 g/mol. The predicted molar refractivity (Wildman–Crippen MR) is 73.0 cm³/mol. The van der Waals surface area contributed by atoms with Gasteiger partial charge in [-0.3, -0.25) is 4.79 Å². The number of thiazole rings is 1. The van der Waals surface area contributed by atoms with E-state index in [1.807, 2.05) is 0 Å². The highest BCUT2D eigenvalue weighted by Crippen LogP contribution is 2.30. The van der Waals surface area contributed by atoms with Crippen molar-refractivity contribution in [3.05, 3.63) is 10.6 Å². The minimum atomic E-state index is -0.0359. The fourth-order valence-electron chi connectivity index (χ4n) is 2.69. The summed E-state index contributed by atoms with van der Waals surface area (Å²) in [4.78, 5) is 18.0. The molecule has 0 bridgehead atoms. The second-order valence-electron chi connectivity index (χ2n) is 5.09. The standard InChI is InChI=1S/C13H19N3OS/c17-12(10-5-2-1-3-8-14-10)16-13-15-9-6-4-7-11(9)18-13/h10,14H,1-8H2,(H,15,16,17). The summed E-state index contributed by atoms with van der Waals surface area (Å²) in [6.07, 6.45) is 7.90. The molecule has 1 aromatic heterocycles. The van der Waals surface area contributed by atoms with Crippen molar-refractivity contribution in [1.29, 1.82) is 0 Å². The lowest BCUT2D eigenvalue weighted by molar-refractivity contribution is -0.118. The topological polar surface area (TPSA) is 54.0 Å². The van der Waals surface area contributed by atoms with E-state index in [4.69, 9.17) is 0 Å². The van der Waals surface area contributed by atoms with Crippen LogP contribution in [0.5, 0.6) is 0 Å². The molecular formula is C13H19N3OS. The fourth-order valence-corrected chi connectivity index (χ4v) is 3.74. The number of hydrogen-bond donors (Lipinski definition) is 2. The van der Waals surface area contributed by atoms with Crippen LogP contribution < -0.4 is 10.6 Å². The van der Waals surface area contributed by atoms with Gasteiger partial charge in [0.2, 0.25) is 5.91 Å². The van der Waals surface area contributed by atoms with Crippen molar-refractivity contribution in [3.63, 3.8) is 0 Å². The first kappa shape index (κ1) is 12.1. The number of aryl methyl sites for hydroxylation is 2. The minimum absolute atomic E-state index is 0.0359. The zero-order valence-electron chi connectivity index (χ0n) is 10.5. The van der Waals surface area contributed by atoms with Crippen molar-refractivity contribution >= 4 is 22.4 Å². The first-order valence-corrected chi connectivity index (χ1v) is 7.67. The third kappa shape index (κ3) is 2.57. The molecule has 0 saturated carbocycles. The summed E-state index contributed by atoms with van der Waals surface area (Å²) < 4.78 is 0. The maximum absolute atomic E-state index is 12.1. The first-order valence-electron chi connectivity index (χ1n) is 6.86. The maximum Gasteiger partial charge on any atom is 0.243 e. The van der Waals surface area contributed by atoms with Gasteiger partial charge < -0.3 is 10.6 Å². The average molecular weight is 265 g/mol.